The zero-order valence-corrected chi connectivity index (χ0v) is 16.5. The summed E-state index contributed by atoms with van der Waals surface area (Å²) in [6, 6.07) is 3.74. The standard InChI is InChI=1S/C19H26N6O/c1-11(2)24(10-16-14(5)22-23(7)15(16)6)19(26)17-9-13(4)25-18(20-17)8-12(3)21-25/h8-9,11H,10H2,1-7H3. The quantitative estimate of drug-likeness (QED) is 0.722. The summed E-state index contributed by atoms with van der Waals surface area (Å²) < 4.78 is 3.62. The number of hydrogen-bond acceptors (Lipinski definition) is 4. The van der Waals surface area contributed by atoms with Gasteiger partial charge in [-0.1, -0.05) is 0 Å². The van der Waals surface area contributed by atoms with Crippen molar-refractivity contribution < 1.29 is 4.79 Å². The van der Waals surface area contributed by atoms with E-state index in [4.69, 9.17) is 0 Å². The summed E-state index contributed by atoms with van der Waals surface area (Å²) in [6.45, 7) is 12.4. The van der Waals surface area contributed by atoms with Gasteiger partial charge in [-0.2, -0.15) is 10.2 Å². The van der Waals surface area contributed by atoms with Crippen LogP contribution >= 0.6 is 0 Å². The Morgan fingerprint density at radius 3 is 2.42 bits per heavy atom. The molecule has 3 aromatic heterocycles. The number of nitrogens with zero attached hydrogens (tertiary/aromatic N) is 6. The second-order valence-electron chi connectivity index (χ2n) is 7.14. The highest BCUT2D eigenvalue weighted by Gasteiger charge is 2.24. The third kappa shape index (κ3) is 3.09. The van der Waals surface area contributed by atoms with Crippen molar-refractivity contribution in [2.75, 3.05) is 0 Å². The highest BCUT2D eigenvalue weighted by molar-refractivity contribution is 5.93. The second kappa shape index (κ2) is 6.55. The van der Waals surface area contributed by atoms with Crippen molar-refractivity contribution in [3.05, 3.63) is 46.2 Å². The molecule has 0 N–H and O–H groups in total. The predicted molar refractivity (Wildman–Crippen MR) is 100 cm³/mol. The third-order valence-electron chi connectivity index (χ3n) is 4.82. The fourth-order valence-corrected chi connectivity index (χ4v) is 3.20. The molecule has 0 spiro atoms. The van der Waals surface area contributed by atoms with Crippen LogP contribution in [-0.2, 0) is 13.6 Å². The molecule has 26 heavy (non-hydrogen) atoms. The Hall–Kier alpha value is -2.70. The molecule has 0 unspecified atom stereocenters. The maximum atomic E-state index is 13.2. The molecule has 0 saturated carbocycles. The van der Waals surface area contributed by atoms with Crippen LogP contribution in [0.15, 0.2) is 12.1 Å². The zero-order chi connectivity index (χ0) is 19.2. The second-order valence-corrected chi connectivity index (χ2v) is 7.14. The van der Waals surface area contributed by atoms with Gasteiger partial charge in [0.05, 0.1) is 11.4 Å². The Bertz CT molecular complexity index is 982. The fourth-order valence-electron chi connectivity index (χ4n) is 3.20. The third-order valence-corrected chi connectivity index (χ3v) is 4.82. The molecule has 0 atom stereocenters. The molecule has 0 aliphatic heterocycles. The molecule has 7 nitrogen and oxygen atoms in total. The van der Waals surface area contributed by atoms with Crippen molar-refractivity contribution in [2.45, 2.75) is 54.1 Å². The van der Waals surface area contributed by atoms with Gasteiger partial charge in [0.2, 0.25) is 0 Å². The van der Waals surface area contributed by atoms with Gasteiger partial charge in [0, 0.05) is 42.7 Å². The minimum absolute atomic E-state index is 0.0477. The highest BCUT2D eigenvalue weighted by atomic mass is 16.2. The van der Waals surface area contributed by atoms with Gasteiger partial charge in [-0.25, -0.2) is 9.50 Å². The molecular weight excluding hydrogens is 328 g/mol. The summed E-state index contributed by atoms with van der Waals surface area (Å²) in [7, 11) is 1.92. The molecule has 3 rings (SSSR count). The van der Waals surface area contributed by atoms with Crippen LogP contribution in [0.4, 0.5) is 0 Å². The van der Waals surface area contributed by atoms with Crippen LogP contribution in [0, 0.1) is 27.7 Å². The van der Waals surface area contributed by atoms with E-state index in [0.717, 1.165) is 28.3 Å². The molecule has 138 valence electrons. The molecule has 0 aliphatic rings. The minimum Gasteiger partial charge on any atom is -0.330 e. The first-order valence-corrected chi connectivity index (χ1v) is 8.83. The molecule has 0 aromatic carbocycles. The van der Waals surface area contributed by atoms with Gasteiger partial charge in [0.15, 0.2) is 5.65 Å². The van der Waals surface area contributed by atoms with Crippen molar-refractivity contribution in [1.82, 2.24) is 29.3 Å². The van der Waals surface area contributed by atoms with Gasteiger partial charge in [-0.3, -0.25) is 9.48 Å². The highest BCUT2D eigenvalue weighted by Crippen LogP contribution is 2.19. The van der Waals surface area contributed by atoms with Gasteiger partial charge in [0.25, 0.3) is 5.91 Å². The molecule has 0 saturated heterocycles. The fraction of sp³-hybridized carbons (Fsp3) is 0.474. The minimum atomic E-state index is -0.0768. The van der Waals surface area contributed by atoms with Gasteiger partial charge < -0.3 is 4.90 Å². The first kappa shape index (κ1) is 18.1. The molecule has 0 fully saturated rings. The van der Waals surface area contributed by atoms with Crippen molar-refractivity contribution in [1.29, 1.82) is 0 Å². The maximum Gasteiger partial charge on any atom is 0.273 e. The van der Waals surface area contributed by atoms with E-state index in [1.54, 1.807) is 10.6 Å². The topological polar surface area (TPSA) is 68.3 Å². The summed E-state index contributed by atoms with van der Waals surface area (Å²) in [5.41, 5.74) is 6.04. The maximum absolute atomic E-state index is 13.2. The van der Waals surface area contributed by atoms with E-state index < -0.39 is 0 Å². The van der Waals surface area contributed by atoms with E-state index in [1.807, 2.05) is 64.2 Å². The van der Waals surface area contributed by atoms with E-state index in [-0.39, 0.29) is 11.9 Å². The average molecular weight is 354 g/mol. The predicted octanol–water partition coefficient (Wildman–Crippen LogP) is 2.75. The monoisotopic (exact) mass is 354 g/mol. The van der Waals surface area contributed by atoms with Gasteiger partial charge >= 0.3 is 0 Å². The first-order chi connectivity index (χ1) is 12.2. The Morgan fingerprint density at radius 2 is 1.85 bits per heavy atom. The van der Waals surface area contributed by atoms with E-state index >= 15 is 0 Å². The number of hydrogen-bond donors (Lipinski definition) is 0. The van der Waals surface area contributed by atoms with Crippen molar-refractivity contribution in [2.24, 2.45) is 7.05 Å². The van der Waals surface area contributed by atoms with Crippen LogP contribution in [0.1, 0.15) is 52.7 Å². The molecule has 3 aromatic rings. The zero-order valence-electron chi connectivity index (χ0n) is 16.5. The Balaban J connectivity index is 1.99. The van der Waals surface area contributed by atoms with Crippen LogP contribution in [0.3, 0.4) is 0 Å². The lowest BCUT2D eigenvalue weighted by Crippen LogP contribution is -2.37. The number of carbonyl (C=O) groups excluding carboxylic acids is 1. The number of aryl methyl sites for hydroxylation is 4. The average Bonchev–Trinajstić information content (AvgIpc) is 3.05. The Kier molecular flexibility index (Phi) is 4.56. The summed E-state index contributed by atoms with van der Waals surface area (Å²) in [4.78, 5) is 19.6. The van der Waals surface area contributed by atoms with Gasteiger partial charge in [-0.15, -0.1) is 0 Å². The number of amides is 1. The molecule has 0 bridgehead atoms. The van der Waals surface area contributed by atoms with Crippen molar-refractivity contribution >= 4 is 11.6 Å². The largest absolute Gasteiger partial charge is 0.330 e. The van der Waals surface area contributed by atoms with E-state index in [1.165, 1.54) is 0 Å². The van der Waals surface area contributed by atoms with Crippen LogP contribution in [0.2, 0.25) is 0 Å². The van der Waals surface area contributed by atoms with Gasteiger partial charge in [0.1, 0.15) is 5.69 Å². The van der Waals surface area contributed by atoms with E-state index in [9.17, 15) is 4.79 Å². The van der Waals surface area contributed by atoms with Gasteiger partial charge in [-0.05, 0) is 47.6 Å². The SMILES string of the molecule is Cc1cc2nc(C(=O)N(Cc3c(C)nn(C)c3C)C(C)C)cc(C)n2n1. The van der Waals surface area contributed by atoms with Crippen LogP contribution in [0.25, 0.3) is 5.65 Å². The summed E-state index contributed by atoms with van der Waals surface area (Å²) in [5, 5.41) is 8.87. The molecule has 7 heteroatoms. The smallest absolute Gasteiger partial charge is 0.273 e. The molecule has 0 aliphatic carbocycles. The number of fused-ring (bicyclic) bond motifs is 1. The summed E-state index contributed by atoms with van der Waals surface area (Å²) >= 11 is 0. The molecule has 0 radical (unpaired) electrons. The Morgan fingerprint density at radius 1 is 1.15 bits per heavy atom. The number of carbonyl (C=O) groups is 1. The number of aromatic nitrogens is 5. The molecule has 1 amide bonds. The number of rotatable bonds is 4. The lowest BCUT2D eigenvalue weighted by atomic mass is 10.1. The van der Waals surface area contributed by atoms with Crippen molar-refractivity contribution in [3.63, 3.8) is 0 Å². The lowest BCUT2D eigenvalue weighted by molar-refractivity contribution is 0.0683. The lowest BCUT2D eigenvalue weighted by Gasteiger charge is -2.27. The Labute approximate surface area is 153 Å². The van der Waals surface area contributed by atoms with Crippen LogP contribution in [0.5, 0.6) is 0 Å². The van der Waals surface area contributed by atoms with Crippen LogP contribution in [-0.4, -0.2) is 41.2 Å². The van der Waals surface area contributed by atoms with E-state index in [2.05, 4.69) is 15.2 Å². The summed E-state index contributed by atoms with van der Waals surface area (Å²) in [6.07, 6.45) is 0. The molecule has 3 heterocycles. The molecular formula is C19H26N6O. The van der Waals surface area contributed by atoms with Crippen LogP contribution < -0.4 is 0 Å². The normalized spacial score (nSPS) is 11.5. The first-order valence-electron chi connectivity index (χ1n) is 8.83. The van der Waals surface area contributed by atoms with E-state index in [0.29, 0.717) is 17.9 Å². The summed E-state index contributed by atoms with van der Waals surface area (Å²) in [5.74, 6) is -0.0768. The van der Waals surface area contributed by atoms with Crippen molar-refractivity contribution in [3.8, 4) is 0 Å².